The normalized spacial score (nSPS) is 11.5. The number of H-pyrrole nitrogens is 1. The summed E-state index contributed by atoms with van der Waals surface area (Å²) in [4.78, 5) is 0. The van der Waals surface area contributed by atoms with Gasteiger partial charge in [-0.05, 0) is 47.3 Å². The molecule has 0 aliphatic rings. The van der Waals surface area contributed by atoms with Gasteiger partial charge in [0.25, 0.3) is 0 Å². The lowest BCUT2D eigenvalue weighted by Gasteiger charge is -2.21. The van der Waals surface area contributed by atoms with E-state index in [4.69, 9.17) is 12.2 Å². The molecule has 0 bridgehead atoms. The largest absolute Gasteiger partial charge is 0.508 e. The number of nitrogens with zero attached hydrogens (tertiary/aromatic N) is 2. The maximum atomic E-state index is 10.3. The number of aromatic amines is 1. The fourth-order valence-corrected chi connectivity index (χ4v) is 3.39. The van der Waals surface area contributed by atoms with Gasteiger partial charge in [0.1, 0.15) is 11.5 Å². The maximum absolute atomic E-state index is 10.3. The molecule has 0 atom stereocenters. The number of aromatic nitrogens is 3. The van der Waals surface area contributed by atoms with E-state index in [0.29, 0.717) is 28.0 Å². The van der Waals surface area contributed by atoms with E-state index in [1.807, 2.05) is 4.57 Å². The van der Waals surface area contributed by atoms with Gasteiger partial charge in [-0.3, -0.25) is 9.67 Å². The molecule has 6 heteroatoms. The lowest BCUT2D eigenvalue weighted by atomic mass is 9.92. The van der Waals surface area contributed by atoms with Crippen molar-refractivity contribution in [3.05, 3.63) is 52.3 Å². The molecule has 0 saturated carbocycles. The highest BCUT2D eigenvalue weighted by molar-refractivity contribution is 7.71. The Labute approximate surface area is 158 Å². The average Bonchev–Trinajstić information content (AvgIpc) is 2.95. The zero-order valence-corrected chi connectivity index (χ0v) is 16.1. The van der Waals surface area contributed by atoms with Gasteiger partial charge >= 0.3 is 0 Å². The summed E-state index contributed by atoms with van der Waals surface area (Å²) >= 11 is 5.53. The summed E-state index contributed by atoms with van der Waals surface area (Å²) in [6.07, 6.45) is 0. The molecule has 0 spiro atoms. The van der Waals surface area contributed by atoms with E-state index in [1.165, 1.54) is 12.1 Å². The van der Waals surface area contributed by atoms with Crippen molar-refractivity contribution in [1.29, 1.82) is 0 Å². The van der Waals surface area contributed by atoms with Crippen LogP contribution in [0.3, 0.4) is 0 Å². The number of phenolic OH excluding ortho intramolecular Hbond substituents is 2. The molecule has 3 N–H and O–H groups in total. The molecule has 0 amide bonds. The Morgan fingerprint density at radius 3 is 2.15 bits per heavy atom. The van der Waals surface area contributed by atoms with Crippen molar-refractivity contribution in [2.45, 2.75) is 39.5 Å². The second-order valence-corrected chi connectivity index (χ2v) is 7.37. The quantitative estimate of drug-likeness (QED) is 0.549. The Balaban J connectivity index is 2.37. The lowest BCUT2D eigenvalue weighted by molar-refractivity contribution is 0.451. The summed E-state index contributed by atoms with van der Waals surface area (Å²) in [6, 6.07) is 10.7. The van der Waals surface area contributed by atoms with Gasteiger partial charge in [0.2, 0.25) is 0 Å². The van der Waals surface area contributed by atoms with E-state index >= 15 is 0 Å². The maximum Gasteiger partial charge on any atom is 0.200 e. The summed E-state index contributed by atoms with van der Waals surface area (Å²) in [5.41, 5.74) is 3.82. The molecule has 0 fully saturated rings. The minimum absolute atomic E-state index is 0.00242. The van der Waals surface area contributed by atoms with Crippen LogP contribution in [-0.4, -0.2) is 25.0 Å². The first-order chi connectivity index (χ1) is 12.3. The molecule has 0 aliphatic carbocycles. The van der Waals surface area contributed by atoms with Crippen molar-refractivity contribution >= 4 is 12.2 Å². The van der Waals surface area contributed by atoms with Crippen molar-refractivity contribution in [3.63, 3.8) is 0 Å². The Hall–Kier alpha value is -2.60. The van der Waals surface area contributed by atoms with Crippen LogP contribution in [-0.2, 0) is 0 Å². The van der Waals surface area contributed by atoms with E-state index in [9.17, 15) is 10.2 Å². The Morgan fingerprint density at radius 2 is 1.62 bits per heavy atom. The highest BCUT2D eigenvalue weighted by Gasteiger charge is 2.21. The zero-order chi connectivity index (χ0) is 19.0. The highest BCUT2D eigenvalue weighted by atomic mass is 32.1. The molecule has 5 nitrogen and oxygen atoms in total. The molecule has 26 heavy (non-hydrogen) atoms. The van der Waals surface area contributed by atoms with Gasteiger partial charge in [0.15, 0.2) is 10.6 Å². The lowest BCUT2D eigenvalue weighted by Crippen LogP contribution is -2.08. The van der Waals surface area contributed by atoms with Gasteiger partial charge in [-0.2, -0.15) is 5.10 Å². The summed E-state index contributed by atoms with van der Waals surface area (Å²) in [5.74, 6) is 1.05. The van der Waals surface area contributed by atoms with E-state index < -0.39 is 0 Å². The molecule has 1 aromatic heterocycles. The van der Waals surface area contributed by atoms with Gasteiger partial charge in [-0.25, -0.2) is 0 Å². The van der Waals surface area contributed by atoms with E-state index in [1.54, 1.807) is 6.07 Å². The third-order valence-corrected chi connectivity index (χ3v) is 4.73. The van der Waals surface area contributed by atoms with Gasteiger partial charge in [0.05, 0.1) is 11.3 Å². The molecule has 0 radical (unpaired) electrons. The molecule has 0 saturated heterocycles. The number of aromatic hydroxyl groups is 2. The number of rotatable bonds is 4. The second kappa shape index (κ2) is 6.96. The first-order valence-electron chi connectivity index (χ1n) is 8.64. The topological polar surface area (TPSA) is 74.1 Å². The number of benzene rings is 2. The minimum Gasteiger partial charge on any atom is -0.508 e. The van der Waals surface area contributed by atoms with Gasteiger partial charge < -0.3 is 10.2 Å². The van der Waals surface area contributed by atoms with Crippen LogP contribution >= 0.6 is 12.2 Å². The van der Waals surface area contributed by atoms with E-state index in [0.717, 1.165) is 16.8 Å². The van der Waals surface area contributed by atoms with Crippen LogP contribution in [0.2, 0.25) is 0 Å². The van der Waals surface area contributed by atoms with Crippen molar-refractivity contribution in [2.75, 3.05) is 0 Å². The average molecular weight is 369 g/mol. The fourth-order valence-electron chi connectivity index (χ4n) is 3.16. The second-order valence-electron chi connectivity index (χ2n) is 6.98. The third kappa shape index (κ3) is 3.12. The molecule has 1 heterocycles. The van der Waals surface area contributed by atoms with Gasteiger partial charge in [-0.1, -0.05) is 45.9 Å². The van der Waals surface area contributed by atoms with Crippen LogP contribution in [0.25, 0.3) is 17.1 Å². The van der Waals surface area contributed by atoms with Crippen LogP contribution in [0.1, 0.15) is 50.7 Å². The van der Waals surface area contributed by atoms with Crippen LogP contribution < -0.4 is 0 Å². The summed E-state index contributed by atoms with van der Waals surface area (Å²) < 4.78 is 2.34. The Bertz CT molecular complexity index is 976. The number of hydrogen-bond donors (Lipinski definition) is 3. The molecule has 0 unspecified atom stereocenters. The summed E-state index contributed by atoms with van der Waals surface area (Å²) in [7, 11) is 0. The molecular formula is C20H23N3O2S. The molecule has 2 aromatic carbocycles. The Kier molecular flexibility index (Phi) is 4.87. The van der Waals surface area contributed by atoms with Crippen LogP contribution in [0.5, 0.6) is 11.5 Å². The predicted octanol–water partition coefficient (Wildman–Crippen LogP) is 5.25. The number of nitrogens with one attached hydrogen (secondary N) is 1. The molecule has 0 aliphatic heterocycles. The number of hydrogen-bond acceptors (Lipinski definition) is 4. The molecular weight excluding hydrogens is 346 g/mol. The standard InChI is InChI=1S/C20H23N3O2S/c1-11(2)14-6-5-7-15(12(3)4)18(14)23-19(21-22-20(23)26)16-9-8-13(24)10-17(16)25/h5-12,24-25H,1-4H3,(H,22,26). The molecule has 3 aromatic rings. The van der Waals surface area contributed by atoms with Crippen molar-refractivity contribution in [1.82, 2.24) is 14.8 Å². The van der Waals surface area contributed by atoms with E-state index in [-0.39, 0.29) is 11.5 Å². The Morgan fingerprint density at radius 1 is 1.00 bits per heavy atom. The molecule has 136 valence electrons. The van der Waals surface area contributed by atoms with Crippen LogP contribution in [0.4, 0.5) is 0 Å². The smallest absolute Gasteiger partial charge is 0.200 e. The summed E-state index contributed by atoms with van der Waals surface area (Å²) in [6.45, 7) is 8.57. The number of phenols is 2. The highest BCUT2D eigenvalue weighted by Crippen LogP contribution is 2.36. The van der Waals surface area contributed by atoms with Gasteiger partial charge in [0, 0.05) is 6.07 Å². The van der Waals surface area contributed by atoms with Crippen molar-refractivity contribution in [3.8, 4) is 28.6 Å². The van der Waals surface area contributed by atoms with Crippen molar-refractivity contribution in [2.24, 2.45) is 0 Å². The third-order valence-electron chi connectivity index (χ3n) is 4.46. The number of para-hydroxylation sites is 1. The minimum atomic E-state index is -0.0478. The zero-order valence-electron chi connectivity index (χ0n) is 15.3. The predicted molar refractivity (Wildman–Crippen MR) is 106 cm³/mol. The summed E-state index contributed by atoms with van der Waals surface area (Å²) in [5, 5.41) is 27.1. The first-order valence-corrected chi connectivity index (χ1v) is 9.05. The first kappa shape index (κ1) is 18.2. The monoisotopic (exact) mass is 369 g/mol. The van der Waals surface area contributed by atoms with Crippen molar-refractivity contribution < 1.29 is 10.2 Å². The molecule has 3 rings (SSSR count). The van der Waals surface area contributed by atoms with Crippen LogP contribution in [0, 0.1) is 4.77 Å². The fraction of sp³-hybridized carbons (Fsp3) is 0.300. The SMILES string of the molecule is CC(C)c1cccc(C(C)C)c1-n1c(-c2ccc(O)cc2O)n[nH]c1=S. The van der Waals surface area contributed by atoms with Gasteiger partial charge in [-0.15, -0.1) is 0 Å². The van der Waals surface area contributed by atoms with Crippen LogP contribution in [0.15, 0.2) is 36.4 Å². The van der Waals surface area contributed by atoms with E-state index in [2.05, 4.69) is 56.1 Å².